The van der Waals surface area contributed by atoms with Crippen molar-refractivity contribution in [1.82, 2.24) is 15.0 Å². The third kappa shape index (κ3) is 3.72. The number of ether oxygens (including phenoxy) is 2. The lowest BCUT2D eigenvalue weighted by atomic mass is 10.0. The van der Waals surface area contributed by atoms with Crippen molar-refractivity contribution in [3.8, 4) is 0 Å². The van der Waals surface area contributed by atoms with Gasteiger partial charge in [0.2, 0.25) is 0 Å². The molecule has 0 unspecified atom stereocenters. The molecule has 2 aliphatic heterocycles. The minimum Gasteiger partial charge on any atom is -0.366 e. The molecule has 0 radical (unpaired) electrons. The Morgan fingerprint density at radius 1 is 1.12 bits per heavy atom. The molecule has 25 heavy (non-hydrogen) atoms. The topological polar surface area (TPSA) is 72.4 Å². The molecule has 0 aromatic carbocycles. The number of rotatable bonds is 4. The quantitative estimate of drug-likeness (QED) is 0.913. The van der Waals surface area contributed by atoms with Crippen molar-refractivity contribution >= 4 is 11.6 Å². The normalized spacial score (nSPS) is 19.3. The maximum Gasteiger partial charge on any atom is 0.171 e. The number of pyridine rings is 1. The number of hydrogen-bond donors (Lipinski definition) is 1. The molecule has 132 valence electrons. The molecule has 2 saturated heterocycles. The average molecular weight is 341 g/mol. The van der Waals surface area contributed by atoms with Gasteiger partial charge in [-0.25, -0.2) is 9.97 Å². The summed E-state index contributed by atoms with van der Waals surface area (Å²) in [7, 11) is 0. The Kier molecular flexibility index (Phi) is 4.50. The van der Waals surface area contributed by atoms with Crippen LogP contribution in [0.4, 0.5) is 11.6 Å². The van der Waals surface area contributed by atoms with Crippen LogP contribution in [0.1, 0.15) is 24.2 Å². The smallest absolute Gasteiger partial charge is 0.171 e. The highest BCUT2D eigenvalue weighted by Crippen LogP contribution is 2.33. The largest absolute Gasteiger partial charge is 0.366 e. The van der Waals surface area contributed by atoms with Gasteiger partial charge in [0.25, 0.3) is 0 Å². The van der Waals surface area contributed by atoms with Gasteiger partial charge in [0, 0.05) is 50.9 Å². The first kappa shape index (κ1) is 16.2. The van der Waals surface area contributed by atoms with E-state index in [2.05, 4.69) is 25.2 Å². The van der Waals surface area contributed by atoms with E-state index < -0.39 is 0 Å². The third-order valence-corrected chi connectivity index (χ3v) is 4.71. The Labute approximate surface area is 147 Å². The third-order valence-electron chi connectivity index (χ3n) is 4.71. The van der Waals surface area contributed by atoms with E-state index in [0.717, 1.165) is 43.4 Å². The van der Waals surface area contributed by atoms with E-state index >= 15 is 0 Å². The second kappa shape index (κ2) is 6.93. The highest BCUT2D eigenvalue weighted by Gasteiger charge is 2.40. The van der Waals surface area contributed by atoms with Gasteiger partial charge in [-0.3, -0.25) is 4.98 Å². The average Bonchev–Trinajstić information content (AvgIpc) is 3.09. The van der Waals surface area contributed by atoms with E-state index in [0.29, 0.717) is 19.8 Å². The minimum absolute atomic E-state index is 0.360. The van der Waals surface area contributed by atoms with Crippen molar-refractivity contribution in [3.05, 3.63) is 42.0 Å². The lowest BCUT2D eigenvalue weighted by molar-refractivity contribution is -0.169. The Morgan fingerprint density at radius 3 is 2.56 bits per heavy atom. The highest BCUT2D eigenvalue weighted by atomic mass is 16.7. The maximum atomic E-state index is 5.80. The van der Waals surface area contributed by atoms with Gasteiger partial charge < -0.3 is 19.7 Å². The summed E-state index contributed by atoms with van der Waals surface area (Å²) in [6, 6.07) is 6.00. The summed E-state index contributed by atoms with van der Waals surface area (Å²) in [6.07, 6.45) is 5.33. The van der Waals surface area contributed by atoms with Crippen molar-refractivity contribution in [3.63, 3.8) is 0 Å². The van der Waals surface area contributed by atoms with Crippen LogP contribution in [0.25, 0.3) is 0 Å². The lowest BCUT2D eigenvalue weighted by Crippen LogP contribution is -2.45. The second-order valence-corrected chi connectivity index (χ2v) is 6.46. The molecular weight excluding hydrogens is 318 g/mol. The molecule has 4 rings (SSSR count). The van der Waals surface area contributed by atoms with Crippen LogP contribution in [-0.4, -0.2) is 47.0 Å². The number of piperidine rings is 1. The summed E-state index contributed by atoms with van der Waals surface area (Å²) in [4.78, 5) is 15.4. The van der Waals surface area contributed by atoms with Crippen LogP contribution < -0.4 is 10.2 Å². The fraction of sp³-hybridized carbons (Fsp3) is 0.500. The molecule has 0 atom stereocenters. The fourth-order valence-corrected chi connectivity index (χ4v) is 3.36. The lowest BCUT2D eigenvalue weighted by Gasteiger charge is -2.38. The predicted octanol–water partition coefficient (Wildman–Crippen LogP) is 2.14. The van der Waals surface area contributed by atoms with E-state index in [4.69, 9.17) is 9.47 Å². The van der Waals surface area contributed by atoms with Gasteiger partial charge in [-0.2, -0.15) is 0 Å². The number of nitrogens with zero attached hydrogens (tertiary/aromatic N) is 4. The Morgan fingerprint density at radius 2 is 1.84 bits per heavy atom. The van der Waals surface area contributed by atoms with Gasteiger partial charge in [0.15, 0.2) is 5.79 Å². The summed E-state index contributed by atoms with van der Waals surface area (Å²) in [5.41, 5.74) is 1.17. The standard InChI is InChI=1S/C18H23N5O2/c1-14-21-16(20-13-15-2-6-19-7-3-15)12-17(22-14)23-8-4-18(5-9-23)24-10-11-25-18/h2-3,6-7,12H,4-5,8-11,13H2,1H3,(H,20,21,22). The highest BCUT2D eigenvalue weighted by molar-refractivity contribution is 5.50. The number of nitrogens with one attached hydrogen (secondary N) is 1. The zero-order valence-corrected chi connectivity index (χ0v) is 14.4. The van der Waals surface area contributed by atoms with Gasteiger partial charge >= 0.3 is 0 Å². The molecule has 0 amide bonds. The van der Waals surface area contributed by atoms with E-state index in [1.165, 1.54) is 5.56 Å². The van der Waals surface area contributed by atoms with Crippen LogP contribution in [0.3, 0.4) is 0 Å². The molecule has 1 N–H and O–H groups in total. The van der Waals surface area contributed by atoms with Gasteiger partial charge in [-0.1, -0.05) is 0 Å². The molecule has 2 aromatic rings. The summed E-state index contributed by atoms with van der Waals surface area (Å²) >= 11 is 0. The van der Waals surface area contributed by atoms with Crippen LogP contribution in [0.15, 0.2) is 30.6 Å². The van der Waals surface area contributed by atoms with Crippen molar-refractivity contribution < 1.29 is 9.47 Å². The van der Waals surface area contributed by atoms with E-state index in [9.17, 15) is 0 Å². The predicted molar refractivity (Wildman–Crippen MR) is 94.4 cm³/mol. The van der Waals surface area contributed by atoms with Crippen LogP contribution in [0.5, 0.6) is 0 Å². The van der Waals surface area contributed by atoms with E-state index in [-0.39, 0.29) is 5.79 Å². The molecule has 0 saturated carbocycles. The molecular formula is C18H23N5O2. The van der Waals surface area contributed by atoms with Gasteiger partial charge in [-0.15, -0.1) is 0 Å². The van der Waals surface area contributed by atoms with Crippen LogP contribution >= 0.6 is 0 Å². The molecule has 7 heteroatoms. The molecule has 1 spiro atoms. The molecule has 0 bridgehead atoms. The van der Waals surface area contributed by atoms with Gasteiger partial charge in [-0.05, 0) is 24.6 Å². The van der Waals surface area contributed by atoms with Gasteiger partial charge in [0.05, 0.1) is 13.2 Å². The van der Waals surface area contributed by atoms with Crippen LogP contribution in [-0.2, 0) is 16.0 Å². The monoisotopic (exact) mass is 341 g/mol. The maximum absolute atomic E-state index is 5.80. The van der Waals surface area contributed by atoms with Crippen molar-refractivity contribution in [1.29, 1.82) is 0 Å². The summed E-state index contributed by atoms with van der Waals surface area (Å²) in [6.45, 7) is 5.80. The number of anilines is 2. The number of aromatic nitrogens is 3. The first-order chi connectivity index (χ1) is 12.2. The second-order valence-electron chi connectivity index (χ2n) is 6.46. The molecule has 4 heterocycles. The first-order valence-corrected chi connectivity index (χ1v) is 8.74. The zero-order chi connectivity index (χ0) is 17.1. The van der Waals surface area contributed by atoms with Crippen LogP contribution in [0.2, 0.25) is 0 Å². The van der Waals surface area contributed by atoms with E-state index in [1.54, 1.807) is 12.4 Å². The first-order valence-electron chi connectivity index (χ1n) is 8.74. The summed E-state index contributed by atoms with van der Waals surface area (Å²) in [5, 5.41) is 3.37. The van der Waals surface area contributed by atoms with Crippen molar-refractivity contribution in [2.75, 3.05) is 36.5 Å². The molecule has 2 aromatic heterocycles. The Balaban J connectivity index is 1.43. The van der Waals surface area contributed by atoms with Crippen LogP contribution in [0, 0.1) is 6.92 Å². The Bertz CT molecular complexity index is 709. The zero-order valence-electron chi connectivity index (χ0n) is 14.4. The molecule has 2 aliphatic rings. The minimum atomic E-state index is -0.360. The van der Waals surface area contributed by atoms with Crippen molar-refractivity contribution in [2.45, 2.75) is 32.1 Å². The fourth-order valence-electron chi connectivity index (χ4n) is 3.36. The molecule has 7 nitrogen and oxygen atoms in total. The number of aryl methyl sites for hydroxylation is 1. The molecule has 2 fully saturated rings. The van der Waals surface area contributed by atoms with Gasteiger partial charge in [0.1, 0.15) is 17.5 Å². The Hall–Kier alpha value is -2.25. The SMILES string of the molecule is Cc1nc(NCc2ccncc2)cc(N2CCC3(CC2)OCCO3)n1. The summed E-state index contributed by atoms with van der Waals surface area (Å²) in [5.74, 6) is 2.20. The van der Waals surface area contributed by atoms with Crippen molar-refractivity contribution in [2.24, 2.45) is 0 Å². The number of hydrogen-bond acceptors (Lipinski definition) is 7. The molecule has 0 aliphatic carbocycles. The summed E-state index contributed by atoms with van der Waals surface area (Å²) < 4.78 is 11.6. The van der Waals surface area contributed by atoms with E-state index in [1.807, 2.05) is 25.1 Å².